The van der Waals surface area contributed by atoms with Gasteiger partial charge >= 0.3 is 6.36 Å². The molecule has 0 fully saturated rings. The number of hydrogen-bond donors (Lipinski definition) is 1. The summed E-state index contributed by atoms with van der Waals surface area (Å²) in [7, 11) is 0. The van der Waals surface area contributed by atoms with E-state index in [-0.39, 0.29) is 18.0 Å². The van der Waals surface area contributed by atoms with Gasteiger partial charge in [-0.1, -0.05) is 36.4 Å². The van der Waals surface area contributed by atoms with Crippen LogP contribution in [0.4, 0.5) is 17.6 Å². The molecule has 7 heteroatoms. The standard InChI is InChI=1S/C23H22F4O3/c24-19-9-4-16(5-10-19)3-1-2-14-29-22-13-8-18(15-21(22)28)17-6-11-20(12-7-17)30-23(25,26)27/h4-11,13,15,20,28H,1-3,12,14H2. The number of rotatable bonds is 8. The molecule has 0 bridgehead atoms. The van der Waals surface area contributed by atoms with Gasteiger partial charge in [-0.2, -0.15) is 0 Å². The van der Waals surface area contributed by atoms with Crippen molar-refractivity contribution < 1.29 is 32.1 Å². The van der Waals surface area contributed by atoms with Crippen LogP contribution in [0.5, 0.6) is 11.5 Å². The molecule has 1 aliphatic carbocycles. The normalized spacial score (nSPS) is 16.4. The minimum atomic E-state index is -4.67. The molecule has 0 saturated carbocycles. The van der Waals surface area contributed by atoms with Crippen molar-refractivity contribution in [3.63, 3.8) is 0 Å². The van der Waals surface area contributed by atoms with E-state index in [4.69, 9.17) is 4.74 Å². The molecule has 1 atom stereocenters. The minimum Gasteiger partial charge on any atom is -0.504 e. The molecule has 1 aliphatic rings. The zero-order chi connectivity index (χ0) is 21.6. The maximum atomic E-state index is 12.9. The molecule has 3 nitrogen and oxygen atoms in total. The number of ether oxygens (including phenoxy) is 2. The third-order valence-corrected chi connectivity index (χ3v) is 4.67. The first-order chi connectivity index (χ1) is 14.3. The molecule has 0 saturated heterocycles. The van der Waals surface area contributed by atoms with Gasteiger partial charge in [0, 0.05) is 0 Å². The number of unbranched alkanes of at least 4 members (excludes halogenated alkanes) is 1. The Morgan fingerprint density at radius 1 is 1.03 bits per heavy atom. The Morgan fingerprint density at radius 3 is 2.43 bits per heavy atom. The lowest BCUT2D eigenvalue weighted by molar-refractivity contribution is -0.335. The van der Waals surface area contributed by atoms with Crippen LogP contribution in [0.1, 0.15) is 30.4 Å². The average Bonchev–Trinajstić information content (AvgIpc) is 2.69. The number of phenols is 1. The van der Waals surface area contributed by atoms with Crippen molar-refractivity contribution in [3.05, 3.63) is 77.6 Å². The maximum absolute atomic E-state index is 12.9. The van der Waals surface area contributed by atoms with Gasteiger partial charge in [-0.3, -0.25) is 4.74 Å². The highest BCUT2D eigenvalue weighted by molar-refractivity contribution is 5.76. The van der Waals surface area contributed by atoms with Gasteiger partial charge in [0.15, 0.2) is 11.5 Å². The van der Waals surface area contributed by atoms with Crippen molar-refractivity contribution >= 4 is 5.57 Å². The zero-order valence-corrected chi connectivity index (χ0v) is 16.2. The van der Waals surface area contributed by atoms with Crippen molar-refractivity contribution in [2.75, 3.05) is 6.61 Å². The topological polar surface area (TPSA) is 38.7 Å². The Morgan fingerprint density at radius 2 is 1.80 bits per heavy atom. The SMILES string of the molecule is Oc1cc(C2=CCC(OC(F)(F)F)C=C2)ccc1OCCCCc1ccc(F)cc1. The second-order valence-corrected chi connectivity index (χ2v) is 6.97. The van der Waals surface area contributed by atoms with E-state index < -0.39 is 12.5 Å². The van der Waals surface area contributed by atoms with Crippen molar-refractivity contribution in [1.29, 1.82) is 0 Å². The van der Waals surface area contributed by atoms with Crippen LogP contribution < -0.4 is 4.74 Å². The van der Waals surface area contributed by atoms with E-state index in [2.05, 4.69) is 4.74 Å². The number of phenolic OH excluding ortho intramolecular Hbond substituents is 1. The van der Waals surface area contributed by atoms with Crippen LogP contribution in [0.2, 0.25) is 0 Å². The third-order valence-electron chi connectivity index (χ3n) is 4.67. The molecule has 2 aromatic rings. The van der Waals surface area contributed by atoms with Gasteiger partial charge in [-0.15, -0.1) is 13.2 Å². The van der Waals surface area contributed by atoms with Crippen LogP contribution in [0.3, 0.4) is 0 Å². The van der Waals surface area contributed by atoms with Crippen molar-refractivity contribution in [1.82, 2.24) is 0 Å². The summed E-state index contributed by atoms with van der Waals surface area (Å²) in [4.78, 5) is 0. The Balaban J connectivity index is 1.46. The molecule has 0 radical (unpaired) electrons. The second kappa shape index (κ2) is 9.80. The largest absolute Gasteiger partial charge is 0.523 e. The molecule has 160 valence electrons. The van der Waals surface area contributed by atoms with Crippen LogP contribution in [0, 0.1) is 5.82 Å². The number of aryl methyl sites for hydroxylation is 1. The highest BCUT2D eigenvalue weighted by Crippen LogP contribution is 2.32. The predicted octanol–water partition coefficient (Wildman–Crippen LogP) is 6.18. The average molecular weight is 422 g/mol. The van der Waals surface area contributed by atoms with Gasteiger partial charge in [-0.05, 0) is 66.6 Å². The molecule has 1 N–H and O–H groups in total. The molecule has 1 unspecified atom stereocenters. The Kier molecular flexibility index (Phi) is 7.15. The molecule has 0 heterocycles. The summed E-state index contributed by atoms with van der Waals surface area (Å²) in [6, 6.07) is 11.3. The van der Waals surface area contributed by atoms with E-state index in [0.29, 0.717) is 23.5 Å². The number of benzene rings is 2. The first-order valence-electron chi connectivity index (χ1n) is 9.64. The summed E-state index contributed by atoms with van der Waals surface area (Å²) >= 11 is 0. The van der Waals surface area contributed by atoms with Crippen LogP contribution >= 0.6 is 0 Å². The van der Waals surface area contributed by atoms with E-state index in [1.165, 1.54) is 24.3 Å². The van der Waals surface area contributed by atoms with Gasteiger partial charge in [0.05, 0.1) is 12.7 Å². The summed E-state index contributed by atoms with van der Waals surface area (Å²) in [5.41, 5.74) is 2.44. The van der Waals surface area contributed by atoms with E-state index in [9.17, 15) is 22.7 Å². The molecule has 0 spiro atoms. The molecule has 0 aliphatic heterocycles. The Bertz CT molecular complexity index is 902. The fraction of sp³-hybridized carbons (Fsp3) is 0.304. The van der Waals surface area contributed by atoms with E-state index >= 15 is 0 Å². The Labute approximate surface area is 172 Å². The second-order valence-electron chi connectivity index (χ2n) is 6.97. The predicted molar refractivity (Wildman–Crippen MR) is 106 cm³/mol. The van der Waals surface area contributed by atoms with Gasteiger partial charge < -0.3 is 9.84 Å². The fourth-order valence-electron chi connectivity index (χ4n) is 3.16. The van der Waals surface area contributed by atoms with Gasteiger partial charge in [-0.25, -0.2) is 4.39 Å². The van der Waals surface area contributed by atoms with E-state index in [1.54, 1.807) is 36.4 Å². The monoisotopic (exact) mass is 422 g/mol. The summed E-state index contributed by atoms with van der Waals surface area (Å²) in [6.45, 7) is 0.424. The van der Waals surface area contributed by atoms with Crippen LogP contribution in [0.25, 0.3) is 5.57 Å². The number of aromatic hydroxyl groups is 1. The van der Waals surface area contributed by atoms with Crippen LogP contribution in [0.15, 0.2) is 60.7 Å². The molecule has 3 rings (SSSR count). The van der Waals surface area contributed by atoms with E-state index in [1.807, 2.05) is 0 Å². The number of allylic oxidation sites excluding steroid dienone is 2. The quantitative estimate of drug-likeness (QED) is 0.408. The number of alkyl halides is 3. The first-order valence-corrected chi connectivity index (χ1v) is 9.64. The highest BCUT2D eigenvalue weighted by Gasteiger charge is 2.32. The smallest absolute Gasteiger partial charge is 0.504 e. The van der Waals surface area contributed by atoms with Crippen LogP contribution in [-0.2, 0) is 11.2 Å². The molecular weight excluding hydrogens is 400 g/mol. The lowest BCUT2D eigenvalue weighted by Gasteiger charge is -2.18. The molecule has 30 heavy (non-hydrogen) atoms. The molecule has 0 aromatic heterocycles. The highest BCUT2D eigenvalue weighted by atomic mass is 19.4. The van der Waals surface area contributed by atoms with Crippen molar-refractivity contribution in [3.8, 4) is 11.5 Å². The molecular formula is C23H22F4O3. The number of halogens is 4. The summed E-state index contributed by atoms with van der Waals surface area (Å²) in [5, 5.41) is 10.2. The number of hydrogen-bond acceptors (Lipinski definition) is 3. The van der Waals surface area contributed by atoms with E-state index in [0.717, 1.165) is 24.8 Å². The first kappa shape index (κ1) is 21.9. The lowest BCUT2D eigenvalue weighted by Crippen LogP contribution is -2.22. The maximum Gasteiger partial charge on any atom is 0.523 e. The van der Waals surface area contributed by atoms with Crippen molar-refractivity contribution in [2.45, 2.75) is 38.1 Å². The molecule has 2 aromatic carbocycles. The summed E-state index contributed by atoms with van der Waals surface area (Å²) in [5.74, 6) is 0.0585. The zero-order valence-electron chi connectivity index (χ0n) is 16.2. The van der Waals surface area contributed by atoms with Gasteiger partial charge in [0.25, 0.3) is 0 Å². The fourth-order valence-corrected chi connectivity index (χ4v) is 3.16. The summed E-state index contributed by atoms with van der Waals surface area (Å²) < 4.78 is 59.3. The Hall–Kier alpha value is -2.80. The van der Waals surface area contributed by atoms with Crippen LogP contribution in [-0.4, -0.2) is 24.2 Å². The molecule has 0 amide bonds. The van der Waals surface area contributed by atoms with Crippen molar-refractivity contribution in [2.24, 2.45) is 0 Å². The van der Waals surface area contributed by atoms with Gasteiger partial charge in [0.1, 0.15) is 5.82 Å². The minimum absolute atomic E-state index is 0.0333. The van der Waals surface area contributed by atoms with Gasteiger partial charge in [0.2, 0.25) is 0 Å². The summed E-state index contributed by atoms with van der Waals surface area (Å²) in [6.07, 6.45) is 1.37. The third kappa shape index (κ3) is 6.62. The lowest BCUT2D eigenvalue weighted by atomic mass is 9.98.